The van der Waals surface area contributed by atoms with Crippen molar-refractivity contribution in [2.45, 2.75) is 25.7 Å². The predicted octanol–water partition coefficient (Wildman–Crippen LogP) is 0.324. The first-order valence-electron chi connectivity index (χ1n) is 15.5. The van der Waals surface area contributed by atoms with Crippen LogP contribution < -0.4 is 10.6 Å². The van der Waals surface area contributed by atoms with Crippen molar-refractivity contribution in [2.75, 3.05) is 139 Å². The zero-order valence-electron chi connectivity index (χ0n) is 26.9. The molecular weight excluding hydrogens is 614 g/mol. The van der Waals surface area contributed by atoms with E-state index in [0.717, 1.165) is 0 Å². The number of hydrogen-bond acceptors (Lipinski definition) is 13. The molecule has 0 radical (unpaired) electrons. The molecule has 0 aliphatic heterocycles. The van der Waals surface area contributed by atoms with Gasteiger partial charge < -0.3 is 58.4 Å². The lowest BCUT2D eigenvalue weighted by Crippen LogP contribution is -2.35. The van der Waals surface area contributed by atoms with Crippen molar-refractivity contribution >= 4 is 17.8 Å². The van der Waals surface area contributed by atoms with E-state index in [1.807, 2.05) is 0 Å². The lowest BCUT2D eigenvalue weighted by atomic mass is 10.2. The molecular formula is C28H53N5O13. The van der Waals surface area contributed by atoms with Gasteiger partial charge in [-0.1, -0.05) is 5.11 Å². The molecule has 46 heavy (non-hydrogen) atoms. The van der Waals surface area contributed by atoms with Gasteiger partial charge in [-0.3, -0.25) is 14.4 Å². The third-order valence-corrected chi connectivity index (χ3v) is 5.41. The minimum absolute atomic E-state index is 0.0458. The Morgan fingerprint density at radius 2 is 0.826 bits per heavy atom. The van der Waals surface area contributed by atoms with E-state index in [-0.39, 0.29) is 50.6 Å². The average molecular weight is 668 g/mol. The fourth-order valence-corrected chi connectivity index (χ4v) is 3.16. The van der Waals surface area contributed by atoms with Crippen molar-refractivity contribution in [1.82, 2.24) is 10.6 Å². The van der Waals surface area contributed by atoms with Gasteiger partial charge in [0.2, 0.25) is 11.8 Å². The lowest BCUT2D eigenvalue weighted by Gasteiger charge is -2.09. The van der Waals surface area contributed by atoms with Crippen molar-refractivity contribution in [2.24, 2.45) is 5.11 Å². The summed E-state index contributed by atoms with van der Waals surface area (Å²) in [6, 6.07) is 0. The molecule has 18 nitrogen and oxygen atoms in total. The molecule has 0 unspecified atom stereocenters. The maximum Gasteiger partial charge on any atom is 0.303 e. The third kappa shape index (κ3) is 37.5. The summed E-state index contributed by atoms with van der Waals surface area (Å²) in [5.41, 5.74) is 8.13. The van der Waals surface area contributed by atoms with Crippen LogP contribution in [0.25, 0.3) is 10.4 Å². The number of nitrogens with zero attached hydrogens (tertiary/aromatic N) is 3. The van der Waals surface area contributed by atoms with Crippen LogP contribution in [0.5, 0.6) is 0 Å². The minimum atomic E-state index is -0.932. The van der Waals surface area contributed by atoms with E-state index in [9.17, 15) is 14.4 Å². The number of aliphatic carboxylic acids is 1. The number of rotatable bonds is 37. The number of carboxylic acids is 1. The van der Waals surface area contributed by atoms with Gasteiger partial charge in [0.15, 0.2) is 0 Å². The highest BCUT2D eigenvalue weighted by atomic mass is 16.6. The molecule has 0 saturated carbocycles. The molecule has 0 spiro atoms. The Labute approximate surface area is 270 Å². The fraction of sp³-hybridized carbons (Fsp3) is 0.893. The maximum absolute atomic E-state index is 11.7. The van der Waals surface area contributed by atoms with Crippen LogP contribution in [0, 0.1) is 0 Å². The first-order valence-corrected chi connectivity index (χ1v) is 15.5. The van der Waals surface area contributed by atoms with Gasteiger partial charge >= 0.3 is 5.97 Å². The topological polar surface area (TPSA) is 227 Å². The molecule has 0 fully saturated rings. The molecule has 3 N–H and O–H groups in total. The first-order chi connectivity index (χ1) is 22.6. The van der Waals surface area contributed by atoms with Gasteiger partial charge in [0, 0.05) is 43.8 Å². The number of ether oxygens (including phenoxy) is 9. The average Bonchev–Trinajstić information content (AvgIpc) is 3.04. The molecule has 268 valence electrons. The first kappa shape index (κ1) is 43.4. The van der Waals surface area contributed by atoms with Crippen molar-refractivity contribution in [3.05, 3.63) is 10.4 Å². The van der Waals surface area contributed by atoms with Gasteiger partial charge in [-0.05, 0) is 12.0 Å². The van der Waals surface area contributed by atoms with Crippen LogP contribution in [0.3, 0.4) is 0 Å². The standard InChI is InChI=1S/C28H53N5O13/c29-33-32-7-9-39-11-13-41-15-17-43-19-21-45-23-25-46-24-22-44-20-18-42-16-14-40-12-10-38-8-4-27(35)31-6-5-30-26(34)2-1-3-28(36)37/h1-25H2,(H,30,34)(H,31,35)(H,36,37). The molecule has 0 atom stereocenters. The van der Waals surface area contributed by atoms with E-state index in [0.29, 0.717) is 125 Å². The van der Waals surface area contributed by atoms with Gasteiger partial charge in [-0.25, -0.2) is 0 Å². The molecule has 0 bridgehead atoms. The van der Waals surface area contributed by atoms with Crippen LogP contribution in [-0.2, 0) is 57.0 Å². The van der Waals surface area contributed by atoms with Crippen LogP contribution in [0.15, 0.2) is 5.11 Å². The smallest absolute Gasteiger partial charge is 0.303 e. The minimum Gasteiger partial charge on any atom is -0.481 e. The highest BCUT2D eigenvalue weighted by molar-refractivity contribution is 5.77. The Bertz CT molecular complexity index is 776. The Kier molecular flexibility index (Phi) is 34.7. The summed E-state index contributed by atoms with van der Waals surface area (Å²) in [6.07, 6.45) is 0.582. The Morgan fingerprint density at radius 1 is 0.500 bits per heavy atom. The molecule has 0 aliphatic rings. The molecule has 0 aliphatic carbocycles. The zero-order chi connectivity index (χ0) is 33.6. The lowest BCUT2D eigenvalue weighted by molar-refractivity contribution is -0.137. The van der Waals surface area contributed by atoms with Crippen LogP contribution >= 0.6 is 0 Å². The summed E-state index contributed by atoms with van der Waals surface area (Å²) >= 11 is 0. The van der Waals surface area contributed by atoms with Gasteiger partial charge in [-0.2, -0.15) is 0 Å². The zero-order valence-corrected chi connectivity index (χ0v) is 26.9. The Balaban J connectivity index is 3.17. The van der Waals surface area contributed by atoms with E-state index < -0.39 is 5.97 Å². The number of azide groups is 1. The highest BCUT2D eigenvalue weighted by Gasteiger charge is 2.05. The second kappa shape index (κ2) is 36.8. The second-order valence-corrected chi connectivity index (χ2v) is 9.16. The SMILES string of the molecule is [N-]=[N+]=NCCOCCOCCOCCOCCOCCOCCOCCOCCOCCC(=O)NCCNC(=O)CCCC(=O)O. The van der Waals surface area contributed by atoms with Gasteiger partial charge in [-0.15, -0.1) is 0 Å². The quantitative estimate of drug-likeness (QED) is 0.0352. The summed E-state index contributed by atoms with van der Waals surface area (Å²) in [6.45, 7) is 8.70. The van der Waals surface area contributed by atoms with Gasteiger partial charge in [0.1, 0.15) is 0 Å². The van der Waals surface area contributed by atoms with Gasteiger partial charge in [0.05, 0.1) is 119 Å². The second-order valence-electron chi connectivity index (χ2n) is 9.16. The number of amides is 2. The summed E-state index contributed by atoms with van der Waals surface area (Å²) in [5, 5.41) is 17.2. The molecule has 0 aromatic rings. The summed E-state index contributed by atoms with van der Waals surface area (Å²) in [7, 11) is 0. The largest absolute Gasteiger partial charge is 0.481 e. The number of nitrogens with one attached hydrogen (secondary N) is 2. The molecule has 0 heterocycles. The molecule has 0 aromatic heterocycles. The summed E-state index contributed by atoms with van der Waals surface area (Å²) in [5.74, 6) is -1.36. The maximum atomic E-state index is 11.7. The van der Waals surface area contributed by atoms with E-state index >= 15 is 0 Å². The van der Waals surface area contributed by atoms with Crippen molar-refractivity contribution in [3.8, 4) is 0 Å². The number of carbonyl (C=O) groups excluding carboxylic acids is 2. The fourth-order valence-electron chi connectivity index (χ4n) is 3.16. The molecule has 0 saturated heterocycles. The Hall–Kier alpha value is -2.64. The third-order valence-electron chi connectivity index (χ3n) is 5.41. The van der Waals surface area contributed by atoms with Crippen LogP contribution in [-0.4, -0.2) is 161 Å². The predicted molar refractivity (Wildman–Crippen MR) is 164 cm³/mol. The molecule has 2 amide bonds. The molecule has 0 aromatic carbocycles. The summed E-state index contributed by atoms with van der Waals surface area (Å²) in [4.78, 5) is 36.3. The number of carbonyl (C=O) groups is 3. The van der Waals surface area contributed by atoms with Crippen LogP contribution in [0.2, 0.25) is 0 Å². The van der Waals surface area contributed by atoms with Crippen LogP contribution in [0.1, 0.15) is 25.7 Å². The normalized spacial score (nSPS) is 10.9. The van der Waals surface area contributed by atoms with Crippen LogP contribution in [0.4, 0.5) is 0 Å². The van der Waals surface area contributed by atoms with E-state index in [1.54, 1.807) is 0 Å². The highest BCUT2D eigenvalue weighted by Crippen LogP contribution is 1.94. The van der Waals surface area contributed by atoms with E-state index in [2.05, 4.69) is 20.7 Å². The van der Waals surface area contributed by atoms with E-state index in [1.165, 1.54) is 0 Å². The molecule has 0 rings (SSSR count). The summed E-state index contributed by atoms with van der Waals surface area (Å²) < 4.78 is 48.5. The monoisotopic (exact) mass is 667 g/mol. The van der Waals surface area contributed by atoms with Gasteiger partial charge in [0.25, 0.3) is 0 Å². The number of carboxylic acid groups (broad SMARTS) is 1. The van der Waals surface area contributed by atoms with Crippen molar-refractivity contribution in [3.63, 3.8) is 0 Å². The number of hydrogen-bond donors (Lipinski definition) is 3. The van der Waals surface area contributed by atoms with E-state index in [4.69, 9.17) is 53.3 Å². The molecule has 18 heteroatoms. The van der Waals surface area contributed by atoms with Crippen molar-refractivity contribution in [1.29, 1.82) is 0 Å². The Morgan fingerprint density at radius 3 is 1.17 bits per heavy atom. The van der Waals surface area contributed by atoms with Crippen molar-refractivity contribution < 1.29 is 62.1 Å².